The minimum Gasteiger partial charge on any atom is -0.394 e. The maximum absolute atomic E-state index is 13.3. The molecule has 120 valence electrons. The number of benzene rings is 1. The standard InChI is InChI=1S/C18H30FNO/c1-3-4-5-6-7-8-9-10-17(14-21)20-18-12-15(2)11-16(19)13-18/h11-13,17,20-21H,3-10,14H2,1-2H3. The topological polar surface area (TPSA) is 32.3 Å². The number of aliphatic hydroxyl groups is 1. The zero-order valence-corrected chi connectivity index (χ0v) is 13.5. The number of unbranched alkanes of at least 4 members (excludes halogenated alkanes) is 6. The molecule has 1 aromatic rings. The summed E-state index contributed by atoms with van der Waals surface area (Å²) in [5, 5.41) is 12.7. The van der Waals surface area contributed by atoms with Gasteiger partial charge in [0.2, 0.25) is 0 Å². The van der Waals surface area contributed by atoms with Crippen LogP contribution in [0.1, 0.15) is 63.9 Å². The van der Waals surface area contributed by atoms with Gasteiger partial charge in [-0.2, -0.15) is 0 Å². The number of hydrogen-bond donors (Lipinski definition) is 2. The molecular weight excluding hydrogens is 265 g/mol. The first-order valence-electron chi connectivity index (χ1n) is 8.30. The maximum Gasteiger partial charge on any atom is 0.125 e. The van der Waals surface area contributed by atoms with E-state index >= 15 is 0 Å². The first-order chi connectivity index (χ1) is 10.2. The van der Waals surface area contributed by atoms with Crippen LogP contribution in [0.3, 0.4) is 0 Å². The number of aryl methyl sites for hydroxylation is 1. The van der Waals surface area contributed by atoms with Crippen molar-refractivity contribution >= 4 is 5.69 Å². The summed E-state index contributed by atoms with van der Waals surface area (Å²) in [5.74, 6) is -0.231. The van der Waals surface area contributed by atoms with Crippen molar-refractivity contribution in [2.75, 3.05) is 11.9 Å². The molecule has 1 rings (SSSR count). The lowest BCUT2D eigenvalue weighted by atomic mass is 10.0. The number of halogens is 1. The Kier molecular flexibility index (Phi) is 9.07. The Morgan fingerprint density at radius 3 is 2.33 bits per heavy atom. The lowest BCUT2D eigenvalue weighted by molar-refractivity contribution is 0.266. The van der Waals surface area contributed by atoms with Gasteiger partial charge in [0, 0.05) is 11.7 Å². The third-order valence-electron chi connectivity index (χ3n) is 3.79. The number of rotatable bonds is 11. The quantitative estimate of drug-likeness (QED) is 0.560. The van der Waals surface area contributed by atoms with Crippen LogP contribution < -0.4 is 5.32 Å². The third kappa shape index (κ3) is 8.05. The molecule has 0 fully saturated rings. The van der Waals surface area contributed by atoms with Gasteiger partial charge in [-0.1, -0.05) is 51.9 Å². The second-order valence-corrected chi connectivity index (χ2v) is 5.95. The van der Waals surface area contributed by atoms with Crippen LogP contribution in [0.25, 0.3) is 0 Å². The average Bonchev–Trinajstić information content (AvgIpc) is 2.44. The van der Waals surface area contributed by atoms with Crippen LogP contribution in [-0.4, -0.2) is 17.8 Å². The second-order valence-electron chi connectivity index (χ2n) is 5.95. The summed E-state index contributed by atoms with van der Waals surface area (Å²) in [6.45, 7) is 4.19. The average molecular weight is 295 g/mol. The van der Waals surface area contributed by atoms with Gasteiger partial charge in [-0.25, -0.2) is 4.39 Å². The molecule has 3 heteroatoms. The molecule has 0 bridgehead atoms. The summed E-state index contributed by atoms with van der Waals surface area (Å²) in [7, 11) is 0. The Morgan fingerprint density at radius 1 is 1.05 bits per heavy atom. The van der Waals surface area contributed by atoms with Crippen molar-refractivity contribution in [1.82, 2.24) is 0 Å². The fourth-order valence-electron chi connectivity index (χ4n) is 2.61. The van der Waals surface area contributed by atoms with Gasteiger partial charge in [-0.05, 0) is 37.1 Å². The van der Waals surface area contributed by atoms with E-state index in [1.807, 2.05) is 13.0 Å². The van der Waals surface area contributed by atoms with Crippen LogP contribution >= 0.6 is 0 Å². The van der Waals surface area contributed by atoms with E-state index in [4.69, 9.17) is 0 Å². The van der Waals surface area contributed by atoms with Crippen LogP contribution in [0, 0.1) is 12.7 Å². The molecular formula is C18H30FNO. The highest BCUT2D eigenvalue weighted by Crippen LogP contribution is 2.16. The number of hydrogen-bond acceptors (Lipinski definition) is 2. The summed E-state index contributed by atoms with van der Waals surface area (Å²) in [6.07, 6.45) is 9.79. The molecule has 0 heterocycles. The molecule has 1 aromatic carbocycles. The van der Waals surface area contributed by atoms with Crippen LogP contribution in [0.15, 0.2) is 18.2 Å². The Labute approximate surface area is 128 Å². The molecule has 0 amide bonds. The third-order valence-corrected chi connectivity index (χ3v) is 3.79. The van der Waals surface area contributed by atoms with E-state index in [1.165, 1.54) is 50.7 Å². The van der Waals surface area contributed by atoms with Crippen LogP contribution in [0.5, 0.6) is 0 Å². The van der Waals surface area contributed by atoms with Crippen molar-refractivity contribution in [2.45, 2.75) is 71.3 Å². The van der Waals surface area contributed by atoms with E-state index < -0.39 is 0 Å². The van der Waals surface area contributed by atoms with Gasteiger partial charge >= 0.3 is 0 Å². The zero-order chi connectivity index (χ0) is 15.5. The van der Waals surface area contributed by atoms with Crippen molar-refractivity contribution in [3.63, 3.8) is 0 Å². The summed E-state index contributed by atoms with van der Waals surface area (Å²) in [5.41, 5.74) is 1.65. The fourth-order valence-corrected chi connectivity index (χ4v) is 2.61. The molecule has 0 aliphatic rings. The highest BCUT2D eigenvalue weighted by Gasteiger charge is 2.08. The largest absolute Gasteiger partial charge is 0.394 e. The molecule has 0 spiro atoms. The van der Waals surface area contributed by atoms with Crippen molar-refractivity contribution in [2.24, 2.45) is 0 Å². The predicted molar refractivity (Wildman–Crippen MR) is 88.2 cm³/mol. The van der Waals surface area contributed by atoms with E-state index in [0.29, 0.717) is 0 Å². The molecule has 21 heavy (non-hydrogen) atoms. The van der Waals surface area contributed by atoms with Gasteiger partial charge in [-0.3, -0.25) is 0 Å². The normalized spacial score (nSPS) is 12.4. The molecule has 0 aliphatic carbocycles. The van der Waals surface area contributed by atoms with Gasteiger partial charge in [0.05, 0.1) is 6.61 Å². The Balaban J connectivity index is 2.25. The molecule has 0 aromatic heterocycles. The maximum atomic E-state index is 13.3. The molecule has 0 saturated carbocycles. The molecule has 1 unspecified atom stereocenters. The summed E-state index contributed by atoms with van der Waals surface area (Å²) in [4.78, 5) is 0. The van der Waals surface area contributed by atoms with E-state index in [1.54, 1.807) is 0 Å². The van der Waals surface area contributed by atoms with Crippen LogP contribution in [-0.2, 0) is 0 Å². The highest BCUT2D eigenvalue weighted by molar-refractivity contribution is 5.46. The summed E-state index contributed by atoms with van der Waals surface area (Å²) in [6, 6.07) is 4.92. The minimum absolute atomic E-state index is 0.0156. The number of aliphatic hydroxyl groups excluding tert-OH is 1. The van der Waals surface area contributed by atoms with Crippen LogP contribution in [0.2, 0.25) is 0 Å². The molecule has 0 saturated heterocycles. The van der Waals surface area contributed by atoms with Crippen molar-refractivity contribution in [3.05, 3.63) is 29.6 Å². The molecule has 0 radical (unpaired) electrons. The first-order valence-corrected chi connectivity index (χ1v) is 8.30. The van der Waals surface area contributed by atoms with Gasteiger partial charge in [0.25, 0.3) is 0 Å². The van der Waals surface area contributed by atoms with Crippen molar-refractivity contribution in [3.8, 4) is 0 Å². The minimum atomic E-state index is -0.231. The van der Waals surface area contributed by atoms with E-state index in [9.17, 15) is 9.50 Å². The monoisotopic (exact) mass is 295 g/mol. The van der Waals surface area contributed by atoms with Gasteiger partial charge < -0.3 is 10.4 Å². The van der Waals surface area contributed by atoms with Gasteiger partial charge in [0.1, 0.15) is 5.82 Å². The Bertz CT molecular complexity index is 375. The van der Waals surface area contributed by atoms with E-state index in [0.717, 1.165) is 24.1 Å². The molecule has 1 atom stereocenters. The predicted octanol–water partition coefficient (Wildman–Crippen LogP) is 5.05. The summed E-state index contributed by atoms with van der Waals surface area (Å²) >= 11 is 0. The first kappa shape index (κ1) is 18.0. The molecule has 2 nitrogen and oxygen atoms in total. The van der Waals surface area contributed by atoms with Crippen molar-refractivity contribution < 1.29 is 9.50 Å². The van der Waals surface area contributed by atoms with Gasteiger partial charge in [-0.15, -0.1) is 0 Å². The van der Waals surface area contributed by atoms with Crippen molar-refractivity contribution in [1.29, 1.82) is 0 Å². The summed E-state index contributed by atoms with van der Waals surface area (Å²) < 4.78 is 13.3. The highest BCUT2D eigenvalue weighted by atomic mass is 19.1. The zero-order valence-electron chi connectivity index (χ0n) is 13.5. The lowest BCUT2D eigenvalue weighted by Crippen LogP contribution is -2.23. The molecule has 2 N–H and O–H groups in total. The smallest absolute Gasteiger partial charge is 0.125 e. The number of nitrogens with one attached hydrogen (secondary N) is 1. The van der Waals surface area contributed by atoms with Gasteiger partial charge in [0.15, 0.2) is 0 Å². The van der Waals surface area contributed by atoms with E-state index in [2.05, 4.69) is 12.2 Å². The number of anilines is 1. The SMILES string of the molecule is CCCCCCCCCC(CO)Nc1cc(C)cc(F)c1. The molecule has 0 aliphatic heterocycles. The fraction of sp³-hybridized carbons (Fsp3) is 0.667. The Hall–Kier alpha value is -1.09. The second kappa shape index (κ2) is 10.6. The Morgan fingerprint density at radius 2 is 1.71 bits per heavy atom. The lowest BCUT2D eigenvalue weighted by Gasteiger charge is -2.18. The van der Waals surface area contributed by atoms with Crippen LogP contribution in [0.4, 0.5) is 10.1 Å². The van der Waals surface area contributed by atoms with E-state index in [-0.39, 0.29) is 18.5 Å².